The van der Waals surface area contributed by atoms with Gasteiger partial charge in [-0.1, -0.05) is 53.6 Å². The highest BCUT2D eigenvalue weighted by molar-refractivity contribution is 14.1. The minimum atomic E-state index is -4.08. The number of hydrogen-bond donors (Lipinski definition) is 1. The van der Waals surface area contributed by atoms with Crippen LogP contribution in [0, 0.1) is 10.5 Å². The molecule has 0 aliphatic heterocycles. The van der Waals surface area contributed by atoms with E-state index in [-0.39, 0.29) is 11.4 Å². The SMILES string of the molecule is Cc1ccc(S(=O)(=O)OC(CN)(c2ccc(Cl)cc2)c2ccc(I)cc2)cc1. The molecule has 4 nitrogen and oxygen atoms in total. The van der Waals surface area contributed by atoms with Crippen LogP contribution in [0.25, 0.3) is 0 Å². The Kier molecular flexibility index (Phi) is 6.46. The normalized spacial score (nSPS) is 13.9. The van der Waals surface area contributed by atoms with Crippen molar-refractivity contribution >= 4 is 44.3 Å². The molecule has 1 unspecified atom stereocenters. The minimum absolute atomic E-state index is 0.0691. The van der Waals surface area contributed by atoms with E-state index in [1.807, 2.05) is 31.2 Å². The summed E-state index contributed by atoms with van der Waals surface area (Å²) in [7, 11) is -4.08. The predicted octanol–water partition coefficient (Wildman–Crippen LogP) is 4.86. The second-order valence-corrected chi connectivity index (χ2v) is 9.62. The Labute approximate surface area is 183 Å². The molecule has 3 rings (SSSR count). The van der Waals surface area contributed by atoms with Crippen molar-refractivity contribution in [3.63, 3.8) is 0 Å². The monoisotopic (exact) mass is 527 g/mol. The number of rotatable bonds is 6. The minimum Gasteiger partial charge on any atom is -0.327 e. The summed E-state index contributed by atoms with van der Waals surface area (Å²) in [6.07, 6.45) is 0. The fourth-order valence-electron chi connectivity index (χ4n) is 2.91. The molecular weight excluding hydrogens is 509 g/mol. The van der Waals surface area contributed by atoms with Gasteiger partial charge in [-0.3, -0.25) is 0 Å². The molecule has 146 valence electrons. The van der Waals surface area contributed by atoms with Gasteiger partial charge in [-0.15, -0.1) is 0 Å². The van der Waals surface area contributed by atoms with E-state index in [0.717, 1.165) is 9.13 Å². The number of nitrogens with two attached hydrogens (primary N) is 1. The number of halogens is 2. The Hall–Kier alpha value is -1.45. The van der Waals surface area contributed by atoms with Crippen LogP contribution in [0.4, 0.5) is 0 Å². The first kappa shape index (κ1) is 21.3. The van der Waals surface area contributed by atoms with Crippen molar-refractivity contribution in [1.29, 1.82) is 0 Å². The van der Waals surface area contributed by atoms with Crippen LogP contribution in [0.3, 0.4) is 0 Å². The summed E-state index contributed by atoms with van der Waals surface area (Å²) in [6, 6.07) is 20.8. The van der Waals surface area contributed by atoms with Crippen molar-refractivity contribution in [3.8, 4) is 0 Å². The molecule has 0 bridgehead atoms. The molecule has 0 aliphatic rings. The maximum atomic E-state index is 13.1. The molecule has 3 aromatic rings. The number of hydrogen-bond acceptors (Lipinski definition) is 4. The van der Waals surface area contributed by atoms with Crippen LogP contribution in [-0.4, -0.2) is 15.0 Å². The van der Waals surface area contributed by atoms with E-state index in [0.29, 0.717) is 16.1 Å². The van der Waals surface area contributed by atoms with E-state index >= 15 is 0 Å². The van der Waals surface area contributed by atoms with Crippen LogP contribution in [0.5, 0.6) is 0 Å². The van der Waals surface area contributed by atoms with Gasteiger partial charge in [0.2, 0.25) is 0 Å². The van der Waals surface area contributed by atoms with Crippen molar-refractivity contribution in [2.45, 2.75) is 17.4 Å². The van der Waals surface area contributed by atoms with E-state index < -0.39 is 15.7 Å². The molecule has 0 radical (unpaired) electrons. The zero-order valence-corrected chi connectivity index (χ0v) is 18.8. The van der Waals surface area contributed by atoms with Gasteiger partial charge in [0.05, 0.1) is 4.90 Å². The van der Waals surface area contributed by atoms with Gasteiger partial charge in [0.15, 0.2) is 5.60 Å². The molecule has 7 heteroatoms. The summed E-state index contributed by atoms with van der Waals surface area (Å²) in [5.74, 6) is 0. The van der Waals surface area contributed by atoms with Crippen LogP contribution < -0.4 is 5.73 Å². The first-order valence-corrected chi connectivity index (χ1v) is 11.4. The highest BCUT2D eigenvalue weighted by atomic mass is 127. The van der Waals surface area contributed by atoms with Crippen LogP contribution in [-0.2, 0) is 19.9 Å². The second-order valence-electron chi connectivity index (χ2n) is 6.40. The molecule has 0 amide bonds. The zero-order valence-electron chi connectivity index (χ0n) is 15.1. The Bertz CT molecular complexity index is 1000. The van der Waals surface area contributed by atoms with Gasteiger partial charge in [0, 0.05) is 15.1 Å². The molecule has 0 saturated heterocycles. The van der Waals surface area contributed by atoms with E-state index in [2.05, 4.69) is 22.6 Å². The van der Waals surface area contributed by atoms with Crippen molar-refractivity contribution in [3.05, 3.63) is 98.1 Å². The molecule has 2 N–H and O–H groups in total. The van der Waals surface area contributed by atoms with Crippen molar-refractivity contribution in [2.24, 2.45) is 5.73 Å². The molecule has 3 aromatic carbocycles. The third-order valence-corrected chi connectivity index (χ3v) is 6.79. The van der Waals surface area contributed by atoms with E-state index in [4.69, 9.17) is 21.5 Å². The fourth-order valence-corrected chi connectivity index (χ4v) is 4.60. The lowest BCUT2D eigenvalue weighted by Gasteiger charge is -2.33. The third-order valence-electron chi connectivity index (χ3n) is 4.47. The van der Waals surface area contributed by atoms with Gasteiger partial charge in [0.25, 0.3) is 10.1 Å². The summed E-state index contributed by atoms with van der Waals surface area (Å²) in [6.45, 7) is 1.82. The molecule has 0 heterocycles. The van der Waals surface area contributed by atoms with Gasteiger partial charge >= 0.3 is 0 Å². The number of aryl methyl sites for hydroxylation is 1. The van der Waals surface area contributed by atoms with E-state index in [1.165, 1.54) is 12.1 Å². The molecule has 0 aromatic heterocycles. The summed E-state index contributed by atoms with van der Waals surface area (Å²) in [4.78, 5) is 0.0791. The molecule has 0 aliphatic carbocycles. The Morgan fingerprint density at radius 2 is 1.43 bits per heavy atom. The standard InChI is InChI=1S/C21H19ClINO3S/c1-15-2-12-20(13-3-15)28(25,26)27-21(14-24,16-4-8-18(22)9-5-16)17-6-10-19(23)11-7-17/h2-13H,14,24H2,1H3. The first-order valence-electron chi connectivity index (χ1n) is 8.51. The lowest BCUT2D eigenvalue weighted by Crippen LogP contribution is -2.41. The average Bonchev–Trinajstić information content (AvgIpc) is 2.68. The lowest BCUT2D eigenvalue weighted by atomic mass is 9.86. The van der Waals surface area contributed by atoms with Gasteiger partial charge in [0.1, 0.15) is 0 Å². The molecule has 0 spiro atoms. The first-order chi connectivity index (χ1) is 13.3. The van der Waals surface area contributed by atoms with E-state index in [9.17, 15) is 8.42 Å². The Morgan fingerprint density at radius 3 is 1.93 bits per heavy atom. The molecule has 0 fully saturated rings. The van der Waals surface area contributed by atoms with Crippen molar-refractivity contribution < 1.29 is 12.6 Å². The predicted molar refractivity (Wildman–Crippen MR) is 120 cm³/mol. The topological polar surface area (TPSA) is 69.4 Å². The third kappa shape index (κ3) is 4.41. The van der Waals surface area contributed by atoms with Gasteiger partial charge in [-0.25, -0.2) is 4.18 Å². The van der Waals surface area contributed by atoms with Crippen LogP contribution in [0.15, 0.2) is 77.7 Å². The van der Waals surface area contributed by atoms with Crippen LogP contribution in [0.1, 0.15) is 16.7 Å². The Balaban J connectivity index is 2.16. The molecule has 0 saturated carbocycles. The summed E-state index contributed by atoms with van der Waals surface area (Å²) in [5, 5.41) is 0.540. The smallest absolute Gasteiger partial charge is 0.298 e. The number of benzene rings is 3. The maximum absolute atomic E-state index is 13.1. The quantitative estimate of drug-likeness (QED) is 0.367. The van der Waals surface area contributed by atoms with Gasteiger partial charge < -0.3 is 5.73 Å². The highest BCUT2D eigenvalue weighted by Crippen LogP contribution is 2.37. The summed E-state index contributed by atoms with van der Waals surface area (Å²) in [5.41, 5.74) is 6.97. The lowest BCUT2D eigenvalue weighted by molar-refractivity contribution is 0.128. The van der Waals surface area contributed by atoms with Crippen LogP contribution in [0.2, 0.25) is 5.02 Å². The highest BCUT2D eigenvalue weighted by Gasteiger charge is 2.40. The largest absolute Gasteiger partial charge is 0.327 e. The van der Waals surface area contributed by atoms with Gasteiger partial charge in [-0.05, 0) is 77.0 Å². The van der Waals surface area contributed by atoms with E-state index in [1.54, 1.807) is 36.4 Å². The maximum Gasteiger partial charge on any atom is 0.298 e. The van der Waals surface area contributed by atoms with Crippen LogP contribution >= 0.6 is 34.2 Å². The van der Waals surface area contributed by atoms with Crippen molar-refractivity contribution in [2.75, 3.05) is 6.54 Å². The average molecular weight is 528 g/mol. The second kappa shape index (κ2) is 8.51. The fraction of sp³-hybridized carbons (Fsp3) is 0.143. The van der Waals surface area contributed by atoms with Crippen molar-refractivity contribution in [1.82, 2.24) is 0 Å². The molecular formula is C21H19ClINO3S. The summed E-state index contributed by atoms with van der Waals surface area (Å²) >= 11 is 8.21. The zero-order chi connectivity index (χ0) is 20.4. The summed E-state index contributed by atoms with van der Waals surface area (Å²) < 4.78 is 33.1. The Morgan fingerprint density at radius 1 is 0.929 bits per heavy atom. The van der Waals surface area contributed by atoms with Gasteiger partial charge in [-0.2, -0.15) is 8.42 Å². The molecule has 28 heavy (non-hydrogen) atoms. The molecule has 1 atom stereocenters.